The fraction of sp³-hybridized carbons (Fsp3) is 0.200. The van der Waals surface area contributed by atoms with Crippen LogP contribution >= 0.6 is 11.3 Å². The molecular weight excluding hydrogens is 236 g/mol. The Hall–Kier alpha value is -1.86. The summed E-state index contributed by atoms with van der Waals surface area (Å²) in [5.74, 6) is 0. The molecule has 17 heavy (non-hydrogen) atoms. The number of hydrogen-bond donors (Lipinski definition) is 1. The molecule has 0 saturated heterocycles. The lowest BCUT2D eigenvalue weighted by molar-refractivity contribution is 0.777. The van der Waals surface area contributed by atoms with E-state index in [9.17, 15) is 0 Å². The van der Waals surface area contributed by atoms with Crippen LogP contribution in [0.2, 0.25) is 0 Å². The minimum Gasteiger partial charge on any atom is -0.313 e. The van der Waals surface area contributed by atoms with E-state index in [1.54, 1.807) is 4.68 Å². The van der Waals surface area contributed by atoms with Gasteiger partial charge in [-0.05, 0) is 19.2 Å². The van der Waals surface area contributed by atoms with Crippen LogP contribution in [0.4, 0.5) is 0 Å². The van der Waals surface area contributed by atoms with Crippen LogP contribution in [0.1, 0.15) is 5.01 Å². The summed E-state index contributed by atoms with van der Waals surface area (Å²) in [7, 11) is 1.88. The lowest BCUT2D eigenvalue weighted by Gasteiger charge is -1.93. The van der Waals surface area contributed by atoms with Crippen molar-refractivity contribution < 1.29 is 0 Å². The van der Waals surface area contributed by atoms with Crippen LogP contribution in [0.25, 0.3) is 16.2 Å². The van der Waals surface area contributed by atoms with Crippen molar-refractivity contribution >= 4 is 22.4 Å². The Morgan fingerprint density at radius 3 is 3.00 bits per heavy atom. The topological polar surface area (TPSA) is 68.5 Å². The van der Waals surface area contributed by atoms with Crippen LogP contribution in [-0.2, 0) is 6.54 Å². The molecule has 0 aliphatic rings. The van der Waals surface area contributed by atoms with Gasteiger partial charge in [-0.25, -0.2) is 0 Å². The molecule has 0 bridgehead atoms. The van der Waals surface area contributed by atoms with Gasteiger partial charge in [-0.15, -0.1) is 15.3 Å². The zero-order chi connectivity index (χ0) is 11.7. The number of nitrogens with zero attached hydrogens (tertiary/aromatic N) is 5. The summed E-state index contributed by atoms with van der Waals surface area (Å²) in [4.78, 5) is 0. The maximum Gasteiger partial charge on any atom is 0.234 e. The molecule has 2 heterocycles. The minimum absolute atomic E-state index is 0.713. The molecule has 86 valence electrons. The lowest BCUT2D eigenvalue weighted by Crippen LogP contribution is -2.04. The Morgan fingerprint density at radius 2 is 2.12 bits per heavy atom. The summed E-state index contributed by atoms with van der Waals surface area (Å²) >= 11 is 1.51. The molecule has 2 aromatic heterocycles. The first-order valence-electron chi connectivity index (χ1n) is 5.16. The summed E-state index contributed by atoms with van der Waals surface area (Å²) in [6.45, 7) is 0.713. The Morgan fingerprint density at radius 1 is 1.24 bits per heavy atom. The van der Waals surface area contributed by atoms with E-state index in [0.29, 0.717) is 6.54 Å². The van der Waals surface area contributed by atoms with Crippen LogP contribution in [0.3, 0.4) is 0 Å². The van der Waals surface area contributed by atoms with Gasteiger partial charge in [-0.3, -0.25) is 0 Å². The predicted octanol–water partition coefficient (Wildman–Crippen LogP) is 0.991. The van der Waals surface area contributed by atoms with Crippen molar-refractivity contribution in [2.24, 2.45) is 0 Å². The molecule has 0 fully saturated rings. The van der Waals surface area contributed by atoms with Crippen molar-refractivity contribution in [3.8, 4) is 5.13 Å². The number of aromatic nitrogens is 5. The highest BCUT2D eigenvalue weighted by atomic mass is 32.1. The minimum atomic E-state index is 0.713. The van der Waals surface area contributed by atoms with E-state index in [0.717, 1.165) is 21.2 Å². The van der Waals surface area contributed by atoms with Crippen LogP contribution in [0.15, 0.2) is 24.3 Å². The second-order valence-electron chi connectivity index (χ2n) is 3.50. The van der Waals surface area contributed by atoms with E-state index >= 15 is 0 Å². The zero-order valence-corrected chi connectivity index (χ0v) is 9.98. The van der Waals surface area contributed by atoms with Crippen molar-refractivity contribution in [2.45, 2.75) is 6.54 Å². The Kier molecular flexibility index (Phi) is 2.54. The highest BCUT2D eigenvalue weighted by molar-refractivity contribution is 7.13. The molecule has 7 heteroatoms. The van der Waals surface area contributed by atoms with Gasteiger partial charge in [0, 0.05) is 6.54 Å². The number of para-hydroxylation sites is 1. The number of rotatable bonds is 3. The van der Waals surface area contributed by atoms with Gasteiger partial charge in [0.15, 0.2) is 0 Å². The molecule has 1 N–H and O–H groups in total. The van der Waals surface area contributed by atoms with Crippen LogP contribution < -0.4 is 5.32 Å². The monoisotopic (exact) mass is 246 g/mol. The summed E-state index contributed by atoms with van der Waals surface area (Å²) < 4.78 is 1.71. The van der Waals surface area contributed by atoms with Gasteiger partial charge in [0.25, 0.3) is 0 Å². The van der Waals surface area contributed by atoms with Crippen molar-refractivity contribution in [1.82, 2.24) is 30.5 Å². The molecule has 0 radical (unpaired) electrons. The molecule has 0 amide bonds. The second-order valence-corrected chi connectivity index (χ2v) is 4.54. The summed E-state index contributed by atoms with van der Waals surface area (Å²) in [6, 6.07) is 7.79. The molecule has 0 atom stereocenters. The standard InChI is InChI=1S/C10H10N6S/c1-11-6-9-13-14-10(17-9)16-8-5-3-2-4-7(8)12-15-16/h2-5,11H,6H2,1H3. The van der Waals surface area contributed by atoms with Gasteiger partial charge in [0.1, 0.15) is 10.5 Å². The molecular formula is C10H10N6S. The first-order chi connectivity index (χ1) is 8.38. The van der Waals surface area contributed by atoms with Crippen molar-refractivity contribution in [3.05, 3.63) is 29.3 Å². The average Bonchev–Trinajstić information content (AvgIpc) is 2.95. The average molecular weight is 246 g/mol. The second kappa shape index (κ2) is 4.19. The quantitative estimate of drug-likeness (QED) is 0.746. The third kappa shape index (κ3) is 1.79. The lowest BCUT2D eigenvalue weighted by atomic mass is 10.3. The van der Waals surface area contributed by atoms with Crippen molar-refractivity contribution in [3.63, 3.8) is 0 Å². The summed E-state index contributed by atoms with van der Waals surface area (Å²) in [6.07, 6.45) is 0. The Balaban J connectivity index is 2.07. The van der Waals surface area contributed by atoms with Crippen molar-refractivity contribution in [1.29, 1.82) is 0 Å². The van der Waals surface area contributed by atoms with Crippen LogP contribution in [0, 0.1) is 0 Å². The van der Waals surface area contributed by atoms with Gasteiger partial charge < -0.3 is 5.32 Å². The molecule has 3 aromatic rings. The maximum atomic E-state index is 4.12. The first-order valence-corrected chi connectivity index (χ1v) is 5.98. The van der Waals surface area contributed by atoms with E-state index in [1.807, 2.05) is 31.3 Å². The zero-order valence-electron chi connectivity index (χ0n) is 9.16. The molecule has 0 saturated carbocycles. The van der Waals surface area contributed by atoms with E-state index in [1.165, 1.54) is 11.3 Å². The fourth-order valence-electron chi connectivity index (χ4n) is 1.56. The molecule has 6 nitrogen and oxygen atoms in total. The Bertz CT molecular complexity index is 643. The summed E-state index contributed by atoms with van der Waals surface area (Å²) in [5, 5.41) is 21.1. The van der Waals surface area contributed by atoms with Gasteiger partial charge in [-0.2, -0.15) is 4.68 Å². The molecule has 0 aliphatic heterocycles. The van der Waals surface area contributed by atoms with E-state index < -0.39 is 0 Å². The van der Waals surface area contributed by atoms with Crippen LogP contribution in [0.5, 0.6) is 0 Å². The number of hydrogen-bond acceptors (Lipinski definition) is 6. The number of benzene rings is 1. The third-order valence-electron chi connectivity index (χ3n) is 2.32. The van der Waals surface area contributed by atoms with Gasteiger partial charge in [0.2, 0.25) is 5.13 Å². The van der Waals surface area contributed by atoms with E-state index in [2.05, 4.69) is 25.8 Å². The largest absolute Gasteiger partial charge is 0.313 e. The van der Waals surface area contributed by atoms with Gasteiger partial charge in [-0.1, -0.05) is 28.7 Å². The number of fused-ring (bicyclic) bond motifs is 1. The van der Waals surface area contributed by atoms with E-state index in [-0.39, 0.29) is 0 Å². The molecule has 3 rings (SSSR count). The maximum absolute atomic E-state index is 4.12. The molecule has 1 aromatic carbocycles. The SMILES string of the molecule is CNCc1nnc(-n2nnc3ccccc32)s1. The number of nitrogens with one attached hydrogen (secondary N) is 1. The summed E-state index contributed by atoms with van der Waals surface area (Å²) in [5.41, 5.74) is 1.80. The van der Waals surface area contributed by atoms with Gasteiger partial charge in [0.05, 0.1) is 5.52 Å². The predicted molar refractivity (Wildman–Crippen MR) is 65.1 cm³/mol. The van der Waals surface area contributed by atoms with E-state index in [4.69, 9.17) is 0 Å². The normalized spacial score (nSPS) is 11.1. The van der Waals surface area contributed by atoms with Crippen LogP contribution in [-0.4, -0.2) is 32.2 Å². The first kappa shape index (κ1) is 10.3. The third-order valence-corrected chi connectivity index (χ3v) is 3.22. The van der Waals surface area contributed by atoms with Crippen molar-refractivity contribution in [2.75, 3.05) is 7.05 Å². The molecule has 0 unspecified atom stereocenters. The molecule has 0 aliphatic carbocycles. The highest BCUT2D eigenvalue weighted by Gasteiger charge is 2.10. The highest BCUT2D eigenvalue weighted by Crippen LogP contribution is 2.18. The fourth-order valence-corrected chi connectivity index (χ4v) is 2.38. The van der Waals surface area contributed by atoms with Gasteiger partial charge >= 0.3 is 0 Å². The smallest absolute Gasteiger partial charge is 0.234 e. The Labute approximate surface area is 101 Å². The molecule has 0 spiro atoms.